The fourth-order valence-electron chi connectivity index (χ4n) is 2.74. The Morgan fingerprint density at radius 2 is 1.57 bits per heavy atom. The molecule has 0 aliphatic rings. The zero-order valence-electron chi connectivity index (χ0n) is 14.9. The maximum atomic E-state index is 11.9. The van der Waals surface area contributed by atoms with E-state index in [0.717, 1.165) is 18.2 Å². The van der Waals surface area contributed by atoms with Crippen LogP contribution in [0.4, 0.5) is 17.1 Å². The van der Waals surface area contributed by atoms with Crippen LogP contribution in [0.1, 0.15) is 5.56 Å². The zero-order chi connectivity index (χ0) is 22.3. The molecule has 13 heteroatoms. The first kappa shape index (κ1) is 21.1. The van der Waals surface area contributed by atoms with E-state index in [2.05, 4.69) is 10.9 Å². The number of aromatic hydroxyl groups is 1. The zero-order valence-corrected chi connectivity index (χ0v) is 16.5. The monoisotopic (exact) mass is 450 g/mol. The Kier molecular flexibility index (Phi) is 5.18. The number of nitrogens with zero attached hydrogens (tertiary/aromatic N) is 1. The van der Waals surface area contributed by atoms with Crippen LogP contribution in [0, 0.1) is 11.3 Å². The van der Waals surface area contributed by atoms with Gasteiger partial charge in [-0.25, -0.2) is 0 Å². The van der Waals surface area contributed by atoms with Crippen LogP contribution >= 0.6 is 0 Å². The van der Waals surface area contributed by atoms with Crippen molar-refractivity contribution in [3.8, 4) is 11.8 Å². The summed E-state index contributed by atoms with van der Waals surface area (Å²) in [6, 6.07) is 10.5. The average molecular weight is 450 g/mol. The molecule has 7 N–H and O–H groups in total. The molecule has 0 radical (unpaired) electrons. The topological polar surface area (TPSA) is 203 Å². The smallest absolute Gasteiger partial charge is 0.296 e. The van der Waals surface area contributed by atoms with Crippen molar-refractivity contribution >= 4 is 48.1 Å². The molecule has 11 nitrogen and oxygen atoms in total. The van der Waals surface area contributed by atoms with Crippen LogP contribution in [-0.2, 0) is 20.2 Å². The first-order valence-electron chi connectivity index (χ1n) is 7.98. The molecule has 0 spiro atoms. The van der Waals surface area contributed by atoms with Gasteiger partial charge in [-0.3, -0.25) is 14.5 Å². The molecule has 0 heterocycles. The summed E-state index contributed by atoms with van der Waals surface area (Å²) in [6.45, 7) is 0. The first-order chi connectivity index (χ1) is 13.9. The summed E-state index contributed by atoms with van der Waals surface area (Å²) < 4.78 is 65.3. The van der Waals surface area contributed by atoms with Crippen LogP contribution < -0.4 is 16.6 Å². The third-order valence-corrected chi connectivity index (χ3v) is 5.82. The quantitative estimate of drug-likeness (QED) is 0.188. The number of hydrogen-bond acceptors (Lipinski definition) is 9. The fraction of sp³-hybridized carbons (Fsp3) is 0. The van der Waals surface area contributed by atoms with Gasteiger partial charge in [0.2, 0.25) is 0 Å². The molecule has 3 aromatic rings. The number of nitrogen functional groups attached to an aromatic ring is 1. The lowest BCUT2D eigenvalue weighted by atomic mass is 10.1. The van der Waals surface area contributed by atoms with E-state index in [-0.39, 0.29) is 22.1 Å². The maximum Gasteiger partial charge on any atom is 0.296 e. The number of hydrazine groups is 1. The van der Waals surface area contributed by atoms with Crippen LogP contribution in [-0.4, -0.2) is 31.0 Å². The molecule has 0 saturated carbocycles. The molecule has 0 unspecified atom stereocenters. The largest absolute Gasteiger partial charge is 0.507 e. The Hall–Kier alpha value is -3.57. The van der Waals surface area contributed by atoms with Gasteiger partial charge in [0.1, 0.15) is 10.6 Å². The second kappa shape index (κ2) is 7.35. The molecule has 0 saturated heterocycles. The standard InChI is InChI=1S/C17H14N4O7S2/c18-8-9-1-3-11(4-2-9)20-21-17-14(30(26,27)28)6-10-5-12(29(23,24)25)7-13(22)15(10)16(17)19/h1-7,20-22H,19H2,(H,23,24,25)(H,26,27,28). The number of nitriles is 1. The Morgan fingerprint density at radius 1 is 0.933 bits per heavy atom. The molecule has 3 rings (SSSR count). The minimum atomic E-state index is -4.84. The number of nitrogens with one attached hydrogen (secondary N) is 2. The summed E-state index contributed by atoms with van der Waals surface area (Å²) in [5.74, 6) is -0.638. The Labute approximate surface area is 170 Å². The van der Waals surface area contributed by atoms with Crippen LogP contribution in [0.5, 0.6) is 5.75 Å². The van der Waals surface area contributed by atoms with Crippen molar-refractivity contribution in [2.75, 3.05) is 16.6 Å². The van der Waals surface area contributed by atoms with Gasteiger partial charge in [-0.05, 0) is 41.8 Å². The van der Waals surface area contributed by atoms with Crippen molar-refractivity contribution in [1.82, 2.24) is 0 Å². The van der Waals surface area contributed by atoms with Crippen LogP contribution in [0.3, 0.4) is 0 Å². The van der Waals surface area contributed by atoms with E-state index in [1.807, 2.05) is 6.07 Å². The Balaban J connectivity index is 2.18. The molecule has 0 amide bonds. The SMILES string of the molecule is N#Cc1ccc(NNc2c(S(=O)(=O)O)cc3cc(S(=O)(=O)O)cc(O)c3c2N)cc1. The van der Waals surface area contributed by atoms with E-state index in [1.54, 1.807) is 0 Å². The van der Waals surface area contributed by atoms with Crippen LogP contribution in [0.15, 0.2) is 52.3 Å². The summed E-state index contributed by atoms with van der Waals surface area (Å²) in [6.07, 6.45) is 0. The number of fused-ring (bicyclic) bond motifs is 1. The van der Waals surface area contributed by atoms with E-state index in [9.17, 15) is 31.0 Å². The number of nitrogens with two attached hydrogens (primary N) is 1. The summed E-state index contributed by atoms with van der Waals surface area (Å²) in [5.41, 5.74) is 11.4. The highest BCUT2D eigenvalue weighted by atomic mass is 32.2. The van der Waals surface area contributed by atoms with E-state index in [4.69, 9.17) is 11.0 Å². The lowest BCUT2D eigenvalue weighted by Gasteiger charge is -2.18. The van der Waals surface area contributed by atoms with Crippen LogP contribution in [0.2, 0.25) is 0 Å². The number of benzene rings is 3. The predicted molar refractivity (Wildman–Crippen MR) is 108 cm³/mol. The number of phenols is 1. The molecule has 0 atom stereocenters. The summed E-state index contributed by atoms with van der Waals surface area (Å²) in [5, 5.41) is 18.8. The highest BCUT2D eigenvalue weighted by Gasteiger charge is 2.24. The highest BCUT2D eigenvalue weighted by Crippen LogP contribution is 2.41. The van der Waals surface area contributed by atoms with Crippen molar-refractivity contribution in [2.45, 2.75) is 9.79 Å². The van der Waals surface area contributed by atoms with E-state index in [0.29, 0.717) is 11.3 Å². The van der Waals surface area contributed by atoms with Gasteiger partial charge in [-0.2, -0.15) is 22.1 Å². The minimum Gasteiger partial charge on any atom is -0.507 e. The fourth-order valence-corrected chi connectivity index (χ4v) is 3.98. The second-order valence-electron chi connectivity index (χ2n) is 6.09. The lowest BCUT2D eigenvalue weighted by Crippen LogP contribution is -2.15. The van der Waals surface area contributed by atoms with E-state index in [1.165, 1.54) is 24.3 Å². The van der Waals surface area contributed by atoms with Gasteiger partial charge in [0.05, 0.1) is 33.6 Å². The Bertz CT molecular complexity index is 1410. The predicted octanol–water partition coefficient (Wildman–Crippen LogP) is 1.93. The third-order valence-electron chi connectivity index (χ3n) is 4.11. The molecule has 30 heavy (non-hydrogen) atoms. The molecule has 156 valence electrons. The van der Waals surface area contributed by atoms with Crippen molar-refractivity contribution in [1.29, 1.82) is 5.26 Å². The molecular weight excluding hydrogens is 436 g/mol. The minimum absolute atomic E-state index is 0.112. The lowest BCUT2D eigenvalue weighted by molar-refractivity contribution is 0.471. The number of hydrogen-bond donors (Lipinski definition) is 6. The van der Waals surface area contributed by atoms with Crippen molar-refractivity contribution < 1.29 is 31.0 Å². The second-order valence-corrected chi connectivity index (χ2v) is 8.90. The molecular formula is C17H14N4O7S2. The van der Waals surface area contributed by atoms with Gasteiger partial charge < -0.3 is 16.3 Å². The van der Waals surface area contributed by atoms with Crippen LogP contribution in [0.25, 0.3) is 10.8 Å². The van der Waals surface area contributed by atoms with Gasteiger partial charge in [-0.15, -0.1) is 0 Å². The molecule has 0 aromatic heterocycles. The van der Waals surface area contributed by atoms with Crippen molar-refractivity contribution in [2.24, 2.45) is 0 Å². The third kappa shape index (κ3) is 4.07. The maximum absolute atomic E-state index is 11.9. The Morgan fingerprint density at radius 3 is 2.10 bits per heavy atom. The first-order valence-corrected chi connectivity index (χ1v) is 10.9. The van der Waals surface area contributed by atoms with Gasteiger partial charge in [0.25, 0.3) is 20.2 Å². The van der Waals surface area contributed by atoms with Gasteiger partial charge in [0, 0.05) is 11.5 Å². The summed E-state index contributed by atoms with van der Waals surface area (Å²) in [4.78, 5) is -1.40. The average Bonchev–Trinajstić information content (AvgIpc) is 2.65. The number of rotatable bonds is 5. The van der Waals surface area contributed by atoms with Crippen molar-refractivity contribution in [3.63, 3.8) is 0 Å². The normalized spacial score (nSPS) is 11.8. The molecule has 0 aliphatic carbocycles. The summed E-state index contributed by atoms with van der Waals surface area (Å²) in [7, 11) is -9.55. The van der Waals surface area contributed by atoms with Gasteiger partial charge in [0.15, 0.2) is 0 Å². The van der Waals surface area contributed by atoms with Gasteiger partial charge >= 0.3 is 0 Å². The summed E-state index contributed by atoms with van der Waals surface area (Å²) >= 11 is 0. The number of anilines is 3. The van der Waals surface area contributed by atoms with Gasteiger partial charge in [-0.1, -0.05) is 0 Å². The van der Waals surface area contributed by atoms with Crippen molar-refractivity contribution in [3.05, 3.63) is 48.0 Å². The number of phenolic OH excluding ortho intramolecular Hbond substituents is 1. The molecule has 0 fully saturated rings. The van der Waals surface area contributed by atoms with E-state index < -0.39 is 35.8 Å². The highest BCUT2D eigenvalue weighted by molar-refractivity contribution is 7.86. The molecule has 0 bridgehead atoms. The molecule has 0 aliphatic heterocycles. The van der Waals surface area contributed by atoms with E-state index >= 15 is 0 Å². The molecule has 3 aromatic carbocycles.